The molecule has 2 unspecified atom stereocenters. The van der Waals surface area contributed by atoms with Crippen LogP contribution < -0.4 is 0 Å². The van der Waals surface area contributed by atoms with E-state index in [1.807, 2.05) is 65.0 Å². The van der Waals surface area contributed by atoms with E-state index in [4.69, 9.17) is 0 Å². The highest BCUT2D eigenvalue weighted by Crippen LogP contribution is 2.72. The maximum Gasteiger partial charge on any atom is 0.247 e. The number of hydrogen-bond donors (Lipinski definition) is 1. The van der Waals surface area contributed by atoms with Crippen molar-refractivity contribution in [2.45, 2.75) is 88.0 Å². The van der Waals surface area contributed by atoms with Crippen LogP contribution in [-0.2, 0) is 20.9 Å². The molecule has 3 amide bonds. The highest BCUT2D eigenvalue weighted by molar-refractivity contribution is 8.02. The van der Waals surface area contributed by atoms with E-state index in [0.29, 0.717) is 26.1 Å². The zero-order valence-electron chi connectivity index (χ0n) is 25.5. The summed E-state index contributed by atoms with van der Waals surface area (Å²) in [5.74, 6) is -1.68. The van der Waals surface area contributed by atoms with Crippen LogP contribution in [0.3, 0.4) is 0 Å². The Labute approximate surface area is 250 Å². The number of rotatable bonds is 11. The summed E-state index contributed by atoms with van der Waals surface area (Å²) in [5.41, 5.74) is 0.508. The lowest BCUT2D eigenvalue weighted by molar-refractivity contribution is -0.150. The number of amides is 3. The van der Waals surface area contributed by atoms with Gasteiger partial charge >= 0.3 is 0 Å². The minimum absolute atomic E-state index is 0.0689. The van der Waals surface area contributed by atoms with Gasteiger partial charge in [0.15, 0.2) is 0 Å². The third kappa shape index (κ3) is 5.27. The number of hydrogen-bond acceptors (Lipinski definition) is 5. The molecule has 7 nitrogen and oxygen atoms in total. The predicted octanol–water partition coefficient (Wildman–Crippen LogP) is 4.51. The summed E-state index contributed by atoms with van der Waals surface area (Å²) in [6, 6.07) is 8.54. The number of nitrogens with zero attached hydrogens (tertiary/aromatic N) is 3. The van der Waals surface area contributed by atoms with Gasteiger partial charge in [-0.2, -0.15) is 0 Å². The van der Waals surface area contributed by atoms with Crippen LogP contribution in [-0.4, -0.2) is 84.3 Å². The van der Waals surface area contributed by atoms with Crippen LogP contribution in [0.1, 0.15) is 59.9 Å². The van der Waals surface area contributed by atoms with Gasteiger partial charge in [0.25, 0.3) is 0 Å². The largest absolute Gasteiger partial charge is 0.394 e. The molecule has 3 saturated heterocycles. The van der Waals surface area contributed by atoms with Crippen molar-refractivity contribution in [2.24, 2.45) is 17.8 Å². The zero-order chi connectivity index (χ0) is 30.3. The minimum Gasteiger partial charge on any atom is -0.394 e. The van der Waals surface area contributed by atoms with Crippen LogP contribution >= 0.6 is 11.8 Å². The van der Waals surface area contributed by atoms with E-state index < -0.39 is 39.0 Å². The van der Waals surface area contributed by atoms with E-state index in [1.165, 1.54) is 0 Å². The zero-order valence-corrected chi connectivity index (χ0v) is 26.3. The highest BCUT2D eigenvalue weighted by atomic mass is 32.2. The molecule has 8 heteroatoms. The second-order valence-electron chi connectivity index (χ2n) is 13.4. The van der Waals surface area contributed by atoms with E-state index in [-0.39, 0.29) is 30.2 Å². The van der Waals surface area contributed by atoms with Gasteiger partial charge in [0, 0.05) is 29.9 Å². The van der Waals surface area contributed by atoms with Crippen molar-refractivity contribution in [3.8, 4) is 0 Å². The maximum atomic E-state index is 14.6. The number of aliphatic hydroxyl groups excluding tert-OH is 1. The van der Waals surface area contributed by atoms with Crippen molar-refractivity contribution in [3.63, 3.8) is 0 Å². The number of carbonyl (C=O) groups excluding carboxylic acids is 3. The van der Waals surface area contributed by atoms with E-state index in [0.717, 1.165) is 12.0 Å². The molecular formula is C33H47N3O4S. The maximum absolute atomic E-state index is 14.6. The number of benzene rings is 1. The van der Waals surface area contributed by atoms with Gasteiger partial charge < -0.3 is 19.8 Å². The van der Waals surface area contributed by atoms with Crippen molar-refractivity contribution in [1.29, 1.82) is 0 Å². The number of aliphatic hydroxyl groups is 1. The summed E-state index contributed by atoms with van der Waals surface area (Å²) in [4.78, 5) is 49.1. The van der Waals surface area contributed by atoms with Crippen LogP contribution in [0.2, 0.25) is 0 Å². The lowest BCUT2D eigenvalue weighted by Gasteiger charge is -2.44. The Morgan fingerprint density at radius 2 is 1.76 bits per heavy atom. The van der Waals surface area contributed by atoms with Gasteiger partial charge in [-0.3, -0.25) is 14.4 Å². The molecule has 3 aliphatic rings. The van der Waals surface area contributed by atoms with Crippen LogP contribution in [0.15, 0.2) is 55.6 Å². The summed E-state index contributed by atoms with van der Waals surface area (Å²) in [6.07, 6.45) is 4.86. The van der Waals surface area contributed by atoms with Crippen molar-refractivity contribution in [2.75, 3.05) is 19.7 Å². The number of thioether (sulfide) groups is 1. The first-order valence-electron chi connectivity index (χ1n) is 14.8. The first kappa shape index (κ1) is 31.4. The van der Waals surface area contributed by atoms with Gasteiger partial charge in [0.2, 0.25) is 17.7 Å². The van der Waals surface area contributed by atoms with Gasteiger partial charge in [0.05, 0.1) is 29.2 Å². The van der Waals surface area contributed by atoms with Gasteiger partial charge in [0.1, 0.15) is 6.04 Å². The Morgan fingerprint density at radius 1 is 1.12 bits per heavy atom. The third-order valence-corrected chi connectivity index (χ3v) is 11.3. The number of carbonyl (C=O) groups is 3. The molecule has 224 valence electrons. The molecule has 4 rings (SSSR count). The monoisotopic (exact) mass is 581 g/mol. The molecule has 0 saturated carbocycles. The second kappa shape index (κ2) is 11.6. The molecule has 6 atom stereocenters. The Kier molecular flexibility index (Phi) is 8.87. The van der Waals surface area contributed by atoms with Crippen molar-refractivity contribution in [3.05, 3.63) is 61.2 Å². The lowest BCUT2D eigenvalue weighted by Crippen LogP contribution is -2.61. The fraction of sp³-hybridized carbons (Fsp3) is 0.606. The average molecular weight is 582 g/mol. The molecular weight excluding hydrogens is 534 g/mol. The molecule has 41 heavy (non-hydrogen) atoms. The van der Waals surface area contributed by atoms with Crippen LogP contribution in [0.5, 0.6) is 0 Å². The van der Waals surface area contributed by atoms with E-state index in [2.05, 4.69) is 20.1 Å². The van der Waals surface area contributed by atoms with Gasteiger partial charge in [-0.25, -0.2) is 0 Å². The molecule has 0 radical (unpaired) electrons. The van der Waals surface area contributed by atoms with Gasteiger partial charge in [-0.15, -0.1) is 24.9 Å². The quantitative estimate of drug-likeness (QED) is 0.389. The summed E-state index contributed by atoms with van der Waals surface area (Å²) in [6.45, 7) is 20.7. The molecule has 1 aromatic rings. The fourth-order valence-electron chi connectivity index (χ4n) is 7.36. The first-order valence-corrected chi connectivity index (χ1v) is 15.6. The standard InChI is InChI=1S/C33H47N3O4S/c1-9-18-34(20-23-14-12-11-13-15-23)28(38)25-26-29(39)36(24(21-37)22(3)4)27(33(26)17-16-32(25,8)41-33)30(40)35(19-10-2)31(5,6)7/h9-15,22,24-27,37H,1-2,16-21H2,3-8H3/t24-,25+,26-,27?,32-,33?/m0/s1. The molecule has 0 aliphatic carbocycles. The SMILES string of the molecule is C=CCN(Cc1ccccc1)C(=O)[C@H]1[C@H]2C(=O)N([C@@H](CO)C(C)C)C(C(=O)N(CC=C)C(C)(C)C)C23CC[C@]1(C)S3. The van der Waals surface area contributed by atoms with Gasteiger partial charge in [-0.1, -0.05) is 56.3 Å². The predicted molar refractivity (Wildman–Crippen MR) is 165 cm³/mol. The molecule has 3 aliphatic heterocycles. The van der Waals surface area contributed by atoms with Crippen LogP contribution in [0, 0.1) is 17.8 Å². The smallest absolute Gasteiger partial charge is 0.247 e. The second-order valence-corrected chi connectivity index (χ2v) is 15.3. The molecule has 1 aromatic carbocycles. The van der Waals surface area contributed by atoms with Crippen molar-refractivity contribution in [1.82, 2.24) is 14.7 Å². The number of likely N-dealkylation sites (tertiary alicyclic amines) is 1. The number of fused-ring (bicyclic) bond motifs is 1. The van der Waals surface area contributed by atoms with Crippen LogP contribution in [0.4, 0.5) is 0 Å². The molecule has 1 N–H and O–H groups in total. The summed E-state index contributed by atoms with van der Waals surface area (Å²) >= 11 is 1.67. The van der Waals surface area contributed by atoms with E-state index in [9.17, 15) is 19.5 Å². The Hall–Kier alpha value is -2.58. The molecule has 3 fully saturated rings. The topological polar surface area (TPSA) is 81.2 Å². The first-order chi connectivity index (χ1) is 19.3. The average Bonchev–Trinajstić information content (AvgIpc) is 3.47. The summed E-state index contributed by atoms with van der Waals surface area (Å²) < 4.78 is -1.22. The fourth-order valence-corrected chi connectivity index (χ4v) is 9.69. The summed E-state index contributed by atoms with van der Waals surface area (Å²) in [5, 5.41) is 10.5. The minimum atomic E-state index is -0.773. The van der Waals surface area contributed by atoms with E-state index >= 15 is 0 Å². The molecule has 2 bridgehead atoms. The van der Waals surface area contributed by atoms with Crippen LogP contribution in [0.25, 0.3) is 0 Å². The third-order valence-electron chi connectivity index (χ3n) is 9.29. The van der Waals surface area contributed by atoms with Crippen molar-refractivity contribution >= 4 is 29.5 Å². The normalized spacial score (nSPS) is 29.4. The highest BCUT2D eigenvalue weighted by Gasteiger charge is 2.78. The Bertz CT molecular complexity index is 1180. The molecule has 1 spiro atoms. The van der Waals surface area contributed by atoms with E-state index in [1.54, 1.807) is 38.6 Å². The van der Waals surface area contributed by atoms with Gasteiger partial charge in [-0.05, 0) is 52.0 Å². The Balaban J connectivity index is 1.82. The van der Waals surface area contributed by atoms with Crippen molar-refractivity contribution < 1.29 is 19.5 Å². The lowest BCUT2D eigenvalue weighted by atomic mass is 9.66. The molecule has 0 aromatic heterocycles. The summed E-state index contributed by atoms with van der Waals surface area (Å²) in [7, 11) is 0. The molecule has 3 heterocycles. The Morgan fingerprint density at radius 3 is 2.29 bits per heavy atom.